The minimum atomic E-state index is -0.900. The van der Waals surface area contributed by atoms with Crippen molar-refractivity contribution in [3.8, 4) is 0 Å². The van der Waals surface area contributed by atoms with Crippen LogP contribution in [0.2, 0.25) is 0 Å². The highest BCUT2D eigenvalue weighted by atomic mass is 16.6. The lowest BCUT2D eigenvalue weighted by molar-refractivity contribution is -0.113. The summed E-state index contributed by atoms with van der Waals surface area (Å²) in [5, 5.41) is 2.54. The number of rotatable bonds is 2. The molecule has 0 bridgehead atoms. The van der Waals surface area contributed by atoms with Gasteiger partial charge in [0.05, 0.1) is 6.61 Å². The Morgan fingerprint density at radius 3 is 2.35 bits per heavy atom. The molecule has 1 atom stereocenters. The van der Waals surface area contributed by atoms with Crippen LogP contribution in [0.15, 0.2) is 0 Å². The van der Waals surface area contributed by atoms with Crippen molar-refractivity contribution in [2.24, 2.45) is 0 Å². The first-order valence-electron chi connectivity index (χ1n) is 5.92. The van der Waals surface area contributed by atoms with Crippen molar-refractivity contribution in [1.29, 1.82) is 0 Å². The van der Waals surface area contributed by atoms with Gasteiger partial charge in [-0.15, -0.1) is 0 Å². The number of aldehydes is 1. The van der Waals surface area contributed by atoms with Gasteiger partial charge in [-0.25, -0.2) is 4.79 Å². The van der Waals surface area contributed by atoms with Gasteiger partial charge >= 0.3 is 6.09 Å². The number of hydrogen-bond acceptors (Lipinski definition) is 4. The molecule has 1 rings (SSSR count). The summed E-state index contributed by atoms with van der Waals surface area (Å²) in [5.41, 5.74) is -1.46. The number of amides is 1. The molecule has 0 aromatic carbocycles. The SMILES string of the molecule is CC.CC(C)(C)OC(=O)NC1(C=O)CCOC1. The van der Waals surface area contributed by atoms with Crippen LogP contribution in [0, 0.1) is 0 Å². The molecule has 0 aliphatic carbocycles. The molecule has 0 aromatic rings. The molecule has 1 aliphatic rings. The molecular weight excluding hydrogens is 222 g/mol. The van der Waals surface area contributed by atoms with Crippen LogP contribution in [0.25, 0.3) is 0 Å². The van der Waals surface area contributed by atoms with E-state index in [0.29, 0.717) is 19.3 Å². The van der Waals surface area contributed by atoms with Crippen LogP contribution in [0.3, 0.4) is 0 Å². The summed E-state index contributed by atoms with van der Waals surface area (Å²) in [5.74, 6) is 0. The predicted octanol–water partition coefficient (Wildman–Crippen LogP) is 1.90. The van der Waals surface area contributed by atoms with E-state index in [2.05, 4.69) is 5.32 Å². The molecule has 1 aliphatic heterocycles. The number of hydrogen-bond donors (Lipinski definition) is 1. The molecule has 0 saturated carbocycles. The molecule has 0 spiro atoms. The van der Waals surface area contributed by atoms with Gasteiger partial charge in [0.15, 0.2) is 0 Å². The Bertz CT molecular complexity index is 252. The molecule has 1 amide bonds. The van der Waals surface area contributed by atoms with Gasteiger partial charge in [-0.2, -0.15) is 0 Å². The minimum absolute atomic E-state index is 0.218. The van der Waals surface area contributed by atoms with Gasteiger partial charge in [-0.3, -0.25) is 0 Å². The molecule has 1 unspecified atom stereocenters. The van der Waals surface area contributed by atoms with Crippen molar-refractivity contribution in [1.82, 2.24) is 5.32 Å². The van der Waals surface area contributed by atoms with Crippen molar-refractivity contribution < 1.29 is 19.1 Å². The Hall–Kier alpha value is -1.10. The zero-order chi connectivity index (χ0) is 13.5. The van der Waals surface area contributed by atoms with E-state index in [4.69, 9.17) is 9.47 Å². The fraction of sp³-hybridized carbons (Fsp3) is 0.833. The van der Waals surface area contributed by atoms with Gasteiger partial charge in [0.1, 0.15) is 17.4 Å². The summed E-state index contributed by atoms with van der Waals surface area (Å²) in [4.78, 5) is 22.3. The molecule has 0 aromatic heterocycles. The largest absolute Gasteiger partial charge is 0.444 e. The topological polar surface area (TPSA) is 64.6 Å². The van der Waals surface area contributed by atoms with E-state index in [-0.39, 0.29) is 6.61 Å². The maximum atomic E-state index is 11.4. The molecule has 100 valence electrons. The zero-order valence-electron chi connectivity index (χ0n) is 11.3. The number of carbonyl (C=O) groups excluding carboxylic acids is 2. The van der Waals surface area contributed by atoms with Gasteiger partial charge < -0.3 is 19.6 Å². The van der Waals surface area contributed by atoms with Crippen molar-refractivity contribution in [3.63, 3.8) is 0 Å². The number of carbonyl (C=O) groups is 2. The van der Waals surface area contributed by atoms with Crippen molar-refractivity contribution in [2.75, 3.05) is 13.2 Å². The molecule has 1 fully saturated rings. The third-order valence-electron chi connectivity index (χ3n) is 2.03. The Kier molecular flexibility index (Phi) is 6.16. The Balaban J connectivity index is 0.00000121. The van der Waals surface area contributed by atoms with Crippen LogP contribution in [0.1, 0.15) is 41.0 Å². The second-order valence-electron chi connectivity index (χ2n) is 4.70. The highest BCUT2D eigenvalue weighted by molar-refractivity contribution is 5.77. The monoisotopic (exact) mass is 245 g/mol. The fourth-order valence-electron chi connectivity index (χ4n) is 1.31. The molecule has 5 heteroatoms. The average Bonchev–Trinajstić information content (AvgIpc) is 2.67. The summed E-state index contributed by atoms with van der Waals surface area (Å²) in [6, 6.07) is 0. The standard InChI is InChI=1S/C10H17NO4.C2H6/c1-9(2,3)15-8(13)11-10(6-12)4-5-14-7-10;1-2/h6H,4-5,7H2,1-3H3,(H,11,13);1-2H3. The van der Waals surface area contributed by atoms with Crippen LogP contribution in [-0.4, -0.2) is 36.7 Å². The summed E-state index contributed by atoms with van der Waals surface area (Å²) >= 11 is 0. The number of nitrogens with one attached hydrogen (secondary N) is 1. The lowest BCUT2D eigenvalue weighted by Gasteiger charge is -2.25. The van der Waals surface area contributed by atoms with Gasteiger partial charge in [0.2, 0.25) is 0 Å². The quantitative estimate of drug-likeness (QED) is 0.755. The number of ether oxygens (including phenoxy) is 2. The highest BCUT2D eigenvalue weighted by Crippen LogP contribution is 2.17. The van der Waals surface area contributed by atoms with Crippen LogP contribution in [0.4, 0.5) is 4.79 Å². The van der Waals surface area contributed by atoms with E-state index in [1.165, 1.54) is 0 Å². The van der Waals surface area contributed by atoms with E-state index in [0.717, 1.165) is 0 Å². The predicted molar refractivity (Wildman–Crippen MR) is 64.9 cm³/mol. The van der Waals surface area contributed by atoms with Gasteiger partial charge in [-0.1, -0.05) is 13.8 Å². The third kappa shape index (κ3) is 5.68. The summed E-state index contributed by atoms with van der Waals surface area (Å²) in [6.45, 7) is 10.0. The second-order valence-corrected chi connectivity index (χ2v) is 4.70. The van der Waals surface area contributed by atoms with E-state index in [9.17, 15) is 9.59 Å². The highest BCUT2D eigenvalue weighted by Gasteiger charge is 2.37. The average molecular weight is 245 g/mol. The van der Waals surface area contributed by atoms with Crippen LogP contribution >= 0.6 is 0 Å². The molecule has 1 N–H and O–H groups in total. The fourth-order valence-corrected chi connectivity index (χ4v) is 1.31. The van der Waals surface area contributed by atoms with E-state index >= 15 is 0 Å². The lowest BCUT2D eigenvalue weighted by Crippen LogP contribution is -2.51. The smallest absolute Gasteiger partial charge is 0.408 e. The molecule has 1 heterocycles. The molecule has 5 nitrogen and oxygen atoms in total. The van der Waals surface area contributed by atoms with Crippen molar-refractivity contribution >= 4 is 12.4 Å². The minimum Gasteiger partial charge on any atom is -0.444 e. The first-order chi connectivity index (χ1) is 7.87. The van der Waals surface area contributed by atoms with E-state index in [1.807, 2.05) is 13.8 Å². The zero-order valence-corrected chi connectivity index (χ0v) is 11.3. The summed E-state index contributed by atoms with van der Waals surface area (Å²) in [6.07, 6.45) is 0.625. The van der Waals surface area contributed by atoms with E-state index in [1.54, 1.807) is 20.8 Å². The van der Waals surface area contributed by atoms with E-state index < -0.39 is 17.2 Å². The summed E-state index contributed by atoms with van der Waals surface area (Å²) in [7, 11) is 0. The third-order valence-corrected chi connectivity index (χ3v) is 2.03. The van der Waals surface area contributed by atoms with Crippen molar-refractivity contribution in [2.45, 2.75) is 52.2 Å². The van der Waals surface area contributed by atoms with Crippen molar-refractivity contribution in [3.05, 3.63) is 0 Å². The Morgan fingerprint density at radius 2 is 2.00 bits per heavy atom. The van der Waals surface area contributed by atoms with Gasteiger partial charge in [0, 0.05) is 13.0 Å². The first kappa shape index (κ1) is 15.9. The maximum absolute atomic E-state index is 11.4. The maximum Gasteiger partial charge on any atom is 0.408 e. The van der Waals surface area contributed by atoms with Gasteiger partial charge in [-0.05, 0) is 20.8 Å². The van der Waals surface area contributed by atoms with Crippen LogP contribution < -0.4 is 5.32 Å². The normalized spacial score (nSPS) is 23.4. The first-order valence-corrected chi connectivity index (χ1v) is 5.92. The number of alkyl carbamates (subject to hydrolysis) is 1. The second kappa shape index (κ2) is 6.59. The van der Waals surface area contributed by atoms with Gasteiger partial charge in [0.25, 0.3) is 0 Å². The lowest BCUT2D eigenvalue weighted by atomic mass is 10.0. The molecule has 1 saturated heterocycles. The Labute approximate surface area is 103 Å². The Morgan fingerprint density at radius 1 is 1.41 bits per heavy atom. The summed E-state index contributed by atoms with van der Waals surface area (Å²) < 4.78 is 10.1. The molecule has 17 heavy (non-hydrogen) atoms. The molecule has 0 radical (unpaired) electrons. The van der Waals surface area contributed by atoms with Crippen LogP contribution in [-0.2, 0) is 14.3 Å². The van der Waals surface area contributed by atoms with Crippen LogP contribution in [0.5, 0.6) is 0 Å². The molecular formula is C12H23NO4.